The van der Waals surface area contributed by atoms with E-state index in [-0.39, 0.29) is 11.4 Å². The van der Waals surface area contributed by atoms with Gasteiger partial charge in [-0.2, -0.15) is 0 Å². The maximum absolute atomic E-state index is 11.2. The van der Waals surface area contributed by atoms with Crippen LogP contribution in [0, 0.1) is 5.41 Å². The number of ether oxygens (including phenoxy) is 1. The van der Waals surface area contributed by atoms with E-state index in [1.165, 1.54) is 12.1 Å². The predicted octanol–water partition coefficient (Wildman–Crippen LogP) is 5.23. The molecule has 4 aromatic rings. The van der Waals surface area contributed by atoms with Crippen molar-refractivity contribution >= 4 is 17.5 Å². The zero-order valence-electron chi connectivity index (χ0n) is 17.9. The monoisotopic (exact) mass is 438 g/mol. The number of benzene rings is 3. The van der Waals surface area contributed by atoms with E-state index in [0.717, 1.165) is 16.9 Å². The average Bonchev–Trinajstić information content (AvgIpc) is 2.84. The standard InChI is InChI=1S/C26H22N4O3/c1-29-22-15-21(16-7-9-18(10-8-16)26(31)32)30-24(23(22)25(27)28)17-11-13-20(14-12-17)33-19-5-3-2-4-6-19/h2-15H,1H3,(H3,27,28)(H,29,30)(H,31,32). The Morgan fingerprint density at radius 1 is 0.939 bits per heavy atom. The smallest absolute Gasteiger partial charge is 0.335 e. The number of nitrogens with two attached hydrogens (primary N) is 1. The summed E-state index contributed by atoms with van der Waals surface area (Å²) in [6.07, 6.45) is 0. The van der Waals surface area contributed by atoms with Crippen molar-refractivity contribution in [2.75, 3.05) is 12.4 Å². The Hall–Kier alpha value is -4.65. The first-order chi connectivity index (χ1) is 16.0. The molecular formula is C26H22N4O3. The molecule has 0 aliphatic rings. The van der Waals surface area contributed by atoms with Crippen LogP contribution in [0.15, 0.2) is 84.9 Å². The zero-order chi connectivity index (χ0) is 23.4. The lowest BCUT2D eigenvalue weighted by atomic mass is 10.00. The Morgan fingerprint density at radius 2 is 1.55 bits per heavy atom. The molecule has 0 saturated heterocycles. The summed E-state index contributed by atoms with van der Waals surface area (Å²) in [6.45, 7) is 0. The van der Waals surface area contributed by atoms with Crippen LogP contribution in [-0.2, 0) is 0 Å². The molecule has 0 fully saturated rings. The number of carbonyl (C=O) groups is 1. The molecule has 7 nitrogen and oxygen atoms in total. The molecule has 7 heteroatoms. The highest BCUT2D eigenvalue weighted by Crippen LogP contribution is 2.33. The number of anilines is 1. The van der Waals surface area contributed by atoms with E-state index in [0.29, 0.717) is 28.4 Å². The van der Waals surface area contributed by atoms with E-state index < -0.39 is 5.97 Å². The van der Waals surface area contributed by atoms with Gasteiger partial charge in [0.1, 0.15) is 17.3 Å². The van der Waals surface area contributed by atoms with Crippen LogP contribution in [0.4, 0.5) is 5.69 Å². The summed E-state index contributed by atoms with van der Waals surface area (Å²) in [5, 5.41) is 20.4. The number of carboxylic acids is 1. The summed E-state index contributed by atoms with van der Waals surface area (Å²) in [4.78, 5) is 16.0. The summed E-state index contributed by atoms with van der Waals surface area (Å²) in [6, 6.07) is 25.2. The summed E-state index contributed by atoms with van der Waals surface area (Å²) in [7, 11) is 1.75. The first kappa shape index (κ1) is 21.6. The van der Waals surface area contributed by atoms with E-state index in [9.17, 15) is 4.79 Å². The molecule has 5 N–H and O–H groups in total. The van der Waals surface area contributed by atoms with Crippen molar-refractivity contribution in [3.63, 3.8) is 0 Å². The van der Waals surface area contributed by atoms with E-state index in [1.807, 2.05) is 54.6 Å². The van der Waals surface area contributed by atoms with Gasteiger partial charge in [0.05, 0.1) is 22.5 Å². The molecule has 0 bridgehead atoms. The number of carboxylic acid groups (broad SMARTS) is 1. The Morgan fingerprint density at radius 3 is 2.12 bits per heavy atom. The Kier molecular flexibility index (Phi) is 6.04. The molecule has 164 valence electrons. The molecule has 0 aliphatic carbocycles. The number of pyridine rings is 1. The molecular weight excluding hydrogens is 416 g/mol. The maximum Gasteiger partial charge on any atom is 0.335 e. The van der Waals surface area contributed by atoms with Crippen LogP contribution in [-0.4, -0.2) is 28.9 Å². The van der Waals surface area contributed by atoms with Gasteiger partial charge in [-0.15, -0.1) is 0 Å². The van der Waals surface area contributed by atoms with Gasteiger partial charge in [0.25, 0.3) is 0 Å². The van der Waals surface area contributed by atoms with Gasteiger partial charge in [0.2, 0.25) is 0 Å². The number of aromatic carboxylic acids is 1. The summed E-state index contributed by atoms with van der Waals surface area (Å²) in [5.74, 6) is 0.302. The highest BCUT2D eigenvalue weighted by atomic mass is 16.5. The summed E-state index contributed by atoms with van der Waals surface area (Å²) in [5.41, 5.74) is 9.92. The molecule has 0 amide bonds. The van der Waals surface area contributed by atoms with Crippen molar-refractivity contribution in [2.24, 2.45) is 5.73 Å². The molecule has 0 spiro atoms. The minimum atomic E-state index is -0.990. The lowest BCUT2D eigenvalue weighted by Gasteiger charge is -2.16. The Balaban J connectivity index is 1.76. The lowest BCUT2D eigenvalue weighted by Crippen LogP contribution is -2.16. The Labute approximate surface area is 191 Å². The second-order valence-electron chi connectivity index (χ2n) is 7.26. The molecule has 0 saturated carbocycles. The molecule has 0 unspecified atom stereocenters. The topological polar surface area (TPSA) is 121 Å². The normalized spacial score (nSPS) is 10.5. The SMILES string of the molecule is CNc1cc(-c2ccc(C(=O)O)cc2)nc(-c2ccc(Oc3ccccc3)cc2)c1C(=N)N. The number of hydrogen-bond donors (Lipinski definition) is 4. The fraction of sp³-hybridized carbons (Fsp3) is 0.0385. The van der Waals surface area contributed by atoms with E-state index in [1.54, 1.807) is 25.2 Å². The molecule has 0 aliphatic heterocycles. The molecule has 1 heterocycles. The molecule has 33 heavy (non-hydrogen) atoms. The fourth-order valence-corrected chi connectivity index (χ4v) is 3.46. The zero-order valence-corrected chi connectivity index (χ0v) is 17.9. The van der Waals surface area contributed by atoms with Crippen molar-refractivity contribution in [3.05, 3.63) is 96.1 Å². The minimum Gasteiger partial charge on any atom is -0.478 e. The highest BCUT2D eigenvalue weighted by molar-refractivity contribution is 6.06. The van der Waals surface area contributed by atoms with Crippen LogP contribution in [0.1, 0.15) is 15.9 Å². The summed E-state index contributed by atoms with van der Waals surface area (Å²) < 4.78 is 5.87. The van der Waals surface area contributed by atoms with Crippen LogP contribution in [0.3, 0.4) is 0 Å². The van der Waals surface area contributed by atoms with Gasteiger partial charge in [-0.25, -0.2) is 9.78 Å². The van der Waals surface area contributed by atoms with Crippen molar-refractivity contribution < 1.29 is 14.6 Å². The molecule has 3 aromatic carbocycles. The quantitative estimate of drug-likeness (QED) is 0.231. The van der Waals surface area contributed by atoms with E-state index in [4.69, 9.17) is 26.0 Å². The van der Waals surface area contributed by atoms with Crippen LogP contribution in [0.25, 0.3) is 22.5 Å². The molecule has 1 aromatic heterocycles. The van der Waals surface area contributed by atoms with Gasteiger partial charge >= 0.3 is 5.97 Å². The van der Waals surface area contributed by atoms with Gasteiger partial charge in [-0.3, -0.25) is 5.41 Å². The van der Waals surface area contributed by atoms with Gasteiger partial charge in [0.15, 0.2) is 0 Å². The van der Waals surface area contributed by atoms with Crippen LogP contribution < -0.4 is 15.8 Å². The third kappa shape index (κ3) is 4.67. The maximum atomic E-state index is 11.2. The number of hydrogen-bond acceptors (Lipinski definition) is 5. The van der Waals surface area contributed by atoms with Crippen molar-refractivity contribution in [2.45, 2.75) is 0 Å². The number of para-hydroxylation sites is 1. The highest BCUT2D eigenvalue weighted by Gasteiger charge is 2.17. The third-order valence-electron chi connectivity index (χ3n) is 5.09. The van der Waals surface area contributed by atoms with E-state index in [2.05, 4.69) is 5.32 Å². The number of rotatable bonds is 7. The van der Waals surface area contributed by atoms with E-state index >= 15 is 0 Å². The number of amidine groups is 1. The van der Waals surface area contributed by atoms with Gasteiger partial charge in [-0.05, 0) is 54.6 Å². The average molecular weight is 438 g/mol. The number of nitrogens with zero attached hydrogens (tertiary/aromatic N) is 1. The lowest BCUT2D eigenvalue weighted by molar-refractivity contribution is 0.0697. The summed E-state index contributed by atoms with van der Waals surface area (Å²) >= 11 is 0. The van der Waals surface area contributed by atoms with Crippen LogP contribution in [0.2, 0.25) is 0 Å². The van der Waals surface area contributed by atoms with Crippen molar-refractivity contribution in [1.29, 1.82) is 5.41 Å². The van der Waals surface area contributed by atoms with Gasteiger partial charge in [0, 0.05) is 23.9 Å². The Bertz CT molecular complexity index is 1300. The molecule has 0 radical (unpaired) electrons. The molecule has 0 atom stereocenters. The predicted molar refractivity (Wildman–Crippen MR) is 129 cm³/mol. The second kappa shape index (κ2) is 9.23. The first-order valence-electron chi connectivity index (χ1n) is 10.2. The van der Waals surface area contributed by atoms with Crippen molar-refractivity contribution in [3.8, 4) is 34.0 Å². The van der Waals surface area contributed by atoms with Crippen LogP contribution >= 0.6 is 0 Å². The number of nitrogens with one attached hydrogen (secondary N) is 2. The third-order valence-corrected chi connectivity index (χ3v) is 5.09. The van der Waals surface area contributed by atoms with Gasteiger partial charge in [-0.1, -0.05) is 30.3 Å². The van der Waals surface area contributed by atoms with Gasteiger partial charge < -0.3 is 20.9 Å². The number of aromatic nitrogens is 1. The number of nitrogen functional groups attached to an aromatic ring is 1. The van der Waals surface area contributed by atoms with Crippen LogP contribution in [0.5, 0.6) is 11.5 Å². The molecule has 4 rings (SSSR count). The minimum absolute atomic E-state index is 0.112. The first-order valence-corrected chi connectivity index (χ1v) is 10.2. The van der Waals surface area contributed by atoms with Crippen molar-refractivity contribution in [1.82, 2.24) is 4.98 Å². The largest absolute Gasteiger partial charge is 0.478 e. The fourth-order valence-electron chi connectivity index (χ4n) is 3.46. The second-order valence-corrected chi connectivity index (χ2v) is 7.26.